The first kappa shape index (κ1) is 18.1. The summed E-state index contributed by atoms with van der Waals surface area (Å²) in [7, 11) is 2.89. The Kier molecular flexibility index (Phi) is 4.63. The van der Waals surface area contributed by atoms with Crippen molar-refractivity contribution >= 4 is 34.4 Å². The number of fused-ring (bicyclic) bond motifs is 1. The molecule has 3 aromatic rings. The normalized spacial score (nSPS) is 10.8. The number of amides is 2. The van der Waals surface area contributed by atoms with Gasteiger partial charge in [-0.2, -0.15) is 0 Å². The summed E-state index contributed by atoms with van der Waals surface area (Å²) in [6, 6.07) is 6.63. The maximum absolute atomic E-state index is 12.4. The summed E-state index contributed by atoms with van der Waals surface area (Å²) in [6.45, 7) is 1.27. The zero-order valence-corrected chi connectivity index (χ0v) is 15.0. The van der Waals surface area contributed by atoms with Gasteiger partial charge in [0.2, 0.25) is 11.8 Å². The molecular weight excluding hydrogens is 352 g/mol. The van der Waals surface area contributed by atoms with Gasteiger partial charge in [0.05, 0.1) is 6.33 Å². The molecule has 140 valence electrons. The zero-order valence-electron chi connectivity index (χ0n) is 15.0. The quantitative estimate of drug-likeness (QED) is 0.671. The van der Waals surface area contributed by atoms with Crippen molar-refractivity contribution in [1.29, 1.82) is 0 Å². The van der Waals surface area contributed by atoms with Crippen LogP contribution in [0.5, 0.6) is 0 Å². The first-order chi connectivity index (χ1) is 12.8. The molecule has 10 heteroatoms. The number of carbonyl (C=O) groups excluding carboxylic acids is 2. The minimum atomic E-state index is -0.516. The molecule has 27 heavy (non-hydrogen) atoms. The highest BCUT2D eigenvalue weighted by Gasteiger charge is 2.16. The Hall–Kier alpha value is -3.69. The minimum absolute atomic E-state index is 0.141. The van der Waals surface area contributed by atoms with Crippen LogP contribution in [0.1, 0.15) is 6.92 Å². The molecule has 0 aliphatic carbocycles. The lowest BCUT2D eigenvalue weighted by Crippen LogP contribution is -2.37. The maximum Gasteiger partial charge on any atom is 0.332 e. The van der Waals surface area contributed by atoms with E-state index in [0.29, 0.717) is 11.4 Å². The molecule has 0 aliphatic rings. The number of benzene rings is 1. The molecule has 2 N–H and O–H groups in total. The first-order valence-corrected chi connectivity index (χ1v) is 8.06. The third-order valence-corrected chi connectivity index (χ3v) is 4.02. The maximum atomic E-state index is 12.4. The summed E-state index contributed by atoms with van der Waals surface area (Å²) < 4.78 is 3.63. The number of carbonyl (C=O) groups is 2. The topological polar surface area (TPSA) is 120 Å². The van der Waals surface area contributed by atoms with Gasteiger partial charge in [0, 0.05) is 32.4 Å². The Labute approximate surface area is 153 Å². The monoisotopic (exact) mass is 370 g/mol. The number of anilines is 2. The number of rotatable bonds is 4. The molecule has 2 heterocycles. The van der Waals surface area contributed by atoms with E-state index in [1.807, 2.05) is 0 Å². The Morgan fingerprint density at radius 3 is 2.19 bits per heavy atom. The molecule has 0 unspecified atom stereocenters. The standard InChI is InChI=1S/C17H18N6O4/c1-10(24)19-11-4-6-12(7-5-11)20-13(25)8-23-9-18-15-14(23)16(26)22(3)17(27)21(15)2/h4-7,9H,8H2,1-3H3,(H,19,24)(H,20,25). The van der Waals surface area contributed by atoms with Gasteiger partial charge in [-0.1, -0.05) is 0 Å². The van der Waals surface area contributed by atoms with Crippen LogP contribution in [-0.4, -0.2) is 30.5 Å². The highest BCUT2D eigenvalue weighted by Crippen LogP contribution is 2.14. The van der Waals surface area contributed by atoms with Crippen molar-refractivity contribution in [1.82, 2.24) is 18.7 Å². The van der Waals surface area contributed by atoms with Crippen LogP contribution in [0.25, 0.3) is 11.2 Å². The molecular formula is C17H18N6O4. The van der Waals surface area contributed by atoms with E-state index >= 15 is 0 Å². The van der Waals surface area contributed by atoms with Crippen LogP contribution in [0.3, 0.4) is 0 Å². The summed E-state index contributed by atoms with van der Waals surface area (Å²) >= 11 is 0. The van der Waals surface area contributed by atoms with Crippen molar-refractivity contribution in [2.45, 2.75) is 13.5 Å². The van der Waals surface area contributed by atoms with Crippen LogP contribution in [0, 0.1) is 0 Å². The van der Waals surface area contributed by atoms with Crippen molar-refractivity contribution in [3.63, 3.8) is 0 Å². The molecule has 3 rings (SSSR count). The smallest absolute Gasteiger partial charge is 0.326 e. The third kappa shape index (κ3) is 3.50. The van der Waals surface area contributed by atoms with Gasteiger partial charge in [0.15, 0.2) is 11.2 Å². The van der Waals surface area contributed by atoms with Crippen LogP contribution >= 0.6 is 0 Å². The Bertz CT molecular complexity index is 1150. The van der Waals surface area contributed by atoms with Gasteiger partial charge in [0.25, 0.3) is 5.56 Å². The molecule has 0 saturated carbocycles. The van der Waals surface area contributed by atoms with E-state index in [1.165, 1.54) is 36.5 Å². The molecule has 0 bridgehead atoms. The number of hydrogen-bond donors (Lipinski definition) is 2. The number of hydrogen-bond acceptors (Lipinski definition) is 5. The Morgan fingerprint density at radius 2 is 1.59 bits per heavy atom. The van der Waals surface area contributed by atoms with E-state index < -0.39 is 11.2 Å². The zero-order chi connectivity index (χ0) is 19.7. The second kappa shape index (κ2) is 6.90. The molecule has 0 atom stereocenters. The summed E-state index contributed by atoms with van der Waals surface area (Å²) in [6.07, 6.45) is 1.35. The second-order valence-electron chi connectivity index (χ2n) is 6.06. The van der Waals surface area contributed by atoms with E-state index in [-0.39, 0.29) is 29.5 Å². The molecule has 0 saturated heterocycles. The predicted octanol–water partition coefficient (Wildman–Crippen LogP) is 0.0308. The molecule has 0 spiro atoms. The van der Waals surface area contributed by atoms with Crippen molar-refractivity contribution in [2.24, 2.45) is 14.1 Å². The van der Waals surface area contributed by atoms with Crippen molar-refractivity contribution in [3.05, 3.63) is 51.4 Å². The van der Waals surface area contributed by atoms with Gasteiger partial charge in [0.1, 0.15) is 6.54 Å². The Morgan fingerprint density at radius 1 is 1.00 bits per heavy atom. The molecule has 0 aliphatic heterocycles. The van der Waals surface area contributed by atoms with Crippen LogP contribution in [-0.2, 0) is 30.2 Å². The van der Waals surface area contributed by atoms with E-state index in [1.54, 1.807) is 24.3 Å². The number of aryl methyl sites for hydroxylation is 1. The predicted molar refractivity (Wildman–Crippen MR) is 99.6 cm³/mol. The van der Waals surface area contributed by atoms with Crippen molar-refractivity contribution in [2.75, 3.05) is 10.6 Å². The molecule has 0 radical (unpaired) electrons. The van der Waals surface area contributed by atoms with Crippen LogP contribution in [0.4, 0.5) is 11.4 Å². The molecule has 2 amide bonds. The SMILES string of the molecule is CC(=O)Nc1ccc(NC(=O)Cn2cnc3c2c(=O)n(C)c(=O)n3C)cc1. The molecule has 0 fully saturated rings. The summed E-state index contributed by atoms with van der Waals surface area (Å²) in [4.78, 5) is 51.7. The van der Waals surface area contributed by atoms with Crippen molar-refractivity contribution in [3.8, 4) is 0 Å². The van der Waals surface area contributed by atoms with Crippen LogP contribution in [0.15, 0.2) is 40.2 Å². The van der Waals surface area contributed by atoms with E-state index in [2.05, 4.69) is 15.6 Å². The average Bonchev–Trinajstić information content (AvgIpc) is 3.03. The second-order valence-corrected chi connectivity index (χ2v) is 6.06. The minimum Gasteiger partial charge on any atom is -0.326 e. The number of nitrogens with one attached hydrogen (secondary N) is 2. The number of nitrogens with zero attached hydrogens (tertiary/aromatic N) is 4. The van der Waals surface area contributed by atoms with Gasteiger partial charge in [-0.25, -0.2) is 9.78 Å². The largest absolute Gasteiger partial charge is 0.332 e. The van der Waals surface area contributed by atoms with Gasteiger partial charge < -0.3 is 15.2 Å². The van der Waals surface area contributed by atoms with Crippen LogP contribution in [0.2, 0.25) is 0 Å². The average molecular weight is 370 g/mol. The van der Waals surface area contributed by atoms with Gasteiger partial charge >= 0.3 is 5.69 Å². The fourth-order valence-electron chi connectivity index (χ4n) is 2.71. The van der Waals surface area contributed by atoms with Gasteiger partial charge in [-0.05, 0) is 24.3 Å². The highest BCUT2D eigenvalue weighted by molar-refractivity contribution is 5.92. The number of imidazole rings is 1. The fraction of sp³-hybridized carbons (Fsp3) is 0.235. The lowest BCUT2D eigenvalue weighted by Gasteiger charge is -2.09. The summed E-state index contributed by atoms with van der Waals surface area (Å²) in [5, 5.41) is 5.34. The molecule has 10 nitrogen and oxygen atoms in total. The van der Waals surface area contributed by atoms with E-state index in [4.69, 9.17) is 0 Å². The lowest BCUT2D eigenvalue weighted by molar-refractivity contribution is -0.116. The summed E-state index contributed by atoms with van der Waals surface area (Å²) in [5.41, 5.74) is 0.551. The third-order valence-electron chi connectivity index (χ3n) is 4.02. The van der Waals surface area contributed by atoms with E-state index in [9.17, 15) is 19.2 Å². The molecule has 1 aromatic carbocycles. The van der Waals surface area contributed by atoms with Gasteiger partial charge in [-0.15, -0.1) is 0 Å². The van der Waals surface area contributed by atoms with E-state index in [0.717, 1.165) is 4.57 Å². The van der Waals surface area contributed by atoms with Crippen molar-refractivity contribution < 1.29 is 9.59 Å². The summed E-state index contributed by atoms with van der Waals surface area (Å²) in [5.74, 6) is -0.549. The van der Waals surface area contributed by atoms with Crippen LogP contribution < -0.4 is 21.9 Å². The molecule has 2 aromatic heterocycles. The fourth-order valence-corrected chi connectivity index (χ4v) is 2.71. The number of aromatic nitrogens is 4. The Balaban J connectivity index is 1.82. The first-order valence-electron chi connectivity index (χ1n) is 8.06. The lowest BCUT2D eigenvalue weighted by atomic mass is 10.2. The van der Waals surface area contributed by atoms with Gasteiger partial charge in [-0.3, -0.25) is 23.5 Å². The highest BCUT2D eigenvalue weighted by atomic mass is 16.2.